The molecule has 1 aliphatic carbocycles. The molecule has 3 heteroatoms. The summed E-state index contributed by atoms with van der Waals surface area (Å²) in [6.07, 6.45) is 6.74. The minimum absolute atomic E-state index is 0.344. The molecule has 0 aromatic heterocycles. The second-order valence-electron chi connectivity index (χ2n) is 6.13. The van der Waals surface area contributed by atoms with Crippen LogP contribution in [0.5, 0.6) is 5.75 Å². The highest BCUT2D eigenvalue weighted by Crippen LogP contribution is 2.31. The lowest BCUT2D eigenvalue weighted by molar-refractivity contribution is 0.0984. The Bertz CT molecular complexity index is 411. The van der Waals surface area contributed by atoms with Crippen LogP contribution in [0.4, 0.5) is 0 Å². The molecule has 3 nitrogen and oxygen atoms in total. The minimum atomic E-state index is 0.344. The van der Waals surface area contributed by atoms with E-state index in [9.17, 15) is 0 Å². The lowest BCUT2D eigenvalue weighted by Crippen LogP contribution is -2.52. The molecule has 0 aliphatic heterocycles. The zero-order valence-corrected chi connectivity index (χ0v) is 13.1. The fraction of sp³-hybridized carbons (Fsp3) is 0.647. The summed E-state index contributed by atoms with van der Waals surface area (Å²) in [7, 11) is 6.16. The van der Waals surface area contributed by atoms with Crippen molar-refractivity contribution in [1.29, 1.82) is 0 Å². The molecule has 1 aromatic rings. The third-order valence-electron chi connectivity index (χ3n) is 4.65. The molecular weight excluding hydrogens is 248 g/mol. The van der Waals surface area contributed by atoms with Crippen LogP contribution in [-0.4, -0.2) is 38.2 Å². The summed E-state index contributed by atoms with van der Waals surface area (Å²) in [4.78, 5) is 2.42. The normalized spacial score (nSPS) is 18.2. The largest absolute Gasteiger partial charge is 0.497 e. The van der Waals surface area contributed by atoms with Crippen molar-refractivity contribution >= 4 is 0 Å². The Morgan fingerprint density at radius 2 is 1.95 bits per heavy atom. The van der Waals surface area contributed by atoms with Crippen molar-refractivity contribution in [1.82, 2.24) is 10.2 Å². The fourth-order valence-electron chi connectivity index (χ4n) is 3.21. The minimum Gasteiger partial charge on any atom is -0.497 e. The second-order valence-corrected chi connectivity index (χ2v) is 6.13. The van der Waals surface area contributed by atoms with E-state index in [1.165, 1.54) is 37.7 Å². The van der Waals surface area contributed by atoms with Crippen LogP contribution >= 0.6 is 0 Å². The molecule has 1 fully saturated rings. The lowest BCUT2D eigenvalue weighted by atomic mass is 9.80. The quantitative estimate of drug-likeness (QED) is 0.864. The van der Waals surface area contributed by atoms with E-state index in [0.717, 1.165) is 18.8 Å². The lowest BCUT2D eigenvalue weighted by Gasteiger charge is -2.43. The first-order valence-corrected chi connectivity index (χ1v) is 7.67. The molecule has 0 atom stereocenters. The number of hydrogen-bond donors (Lipinski definition) is 1. The van der Waals surface area contributed by atoms with Gasteiger partial charge in [-0.2, -0.15) is 0 Å². The number of likely N-dealkylation sites (N-methyl/N-ethyl adjacent to an activating group) is 1. The van der Waals surface area contributed by atoms with Crippen LogP contribution in [0.1, 0.15) is 37.7 Å². The van der Waals surface area contributed by atoms with Gasteiger partial charge in [-0.25, -0.2) is 0 Å². The molecule has 2 rings (SSSR count). The van der Waals surface area contributed by atoms with Crippen molar-refractivity contribution in [2.24, 2.45) is 0 Å². The molecule has 0 heterocycles. The Morgan fingerprint density at radius 3 is 2.60 bits per heavy atom. The zero-order chi connectivity index (χ0) is 14.4. The molecule has 0 saturated heterocycles. The third kappa shape index (κ3) is 3.74. The smallest absolute Gasteiger partial charge is 0.119 e. The Hall–Kier alpha value is -1.06. The first-order valence-electron chi connectivity index (χ1n) is 7.67. The van der Waals surface area contributed by atoms with Crippen molar-refractivity contribution < 1.29 is 4.74 Å². The summed E-state index contributed by atoms with van der Waals surface area (Å²) in [6, 6.07) is 8.30. The van der Waals surface area contributed by atoms with E-state index in [1.54, 1.807) is 7.11 Å². The molecule has 1 N–H and O–H groups in total. The first kappa shape index (κ1) is 15.3. The molecule has 112 valence electrons. The average molecular weight is 276 g/mol. The molecule has 0 amide bonds. The van der Waals surface area contributed by atoms with Crippen LogP contribution in [0, 0.1) is 0 Å². The highest BCUT2D eigenvalue weighted by atomic mass is 16.5. The maximum atomic E-state index is 5.27. The molecule has 1 saturated carbocycles. The summed E-state index contributed by atoms with van der Waals surface area (Å²) in [5.74, 6) is 0.935. The number of hydrogen-bond acceptors (Lipinski definition) is 3. The molecule has 1 aliphatic rings. The summed E-state index contributed by atoms with van der Waals surface area (Å²) in [6.45, 7) is 1.98. The summed E-state index contributed by atoms with van der Waals surface area (Å²) in [5.41, 5.74) is 1.63. The number of nitrogens with zero attached hydrogens (tertiary/aromatic N) is 1. The van der Waals surface area contributed by atoms with Crippen LogP contribution in [0.15, 0.2) is 24.3 Å². The highest BCUT2D eigenvalue weighted by Gasteiger charge is 2.33. The van der Waals surface area contributed by atoms with Crippen LogP contribution < -0.4 is 10.1 Å². The van der Waals surface area contributed by atoms with Gasteiger partial charge in [0.25, 0.3) is 0 Å². The van der Waals surface area contributed by atoms with Crippen molar-refractivity contribution in [3.63, 3.8) is 0 Å². The summed E-state index contributed by atoms with van der Waals surface area (Å²) >= 11 is 0. The van der Waals surface area contributed by atoms with Gasteiger partial charge in [-0.1, -0.05) is 31.4 Å². The molecule has 0 spiro atoms. The van der Waals surface area contributed by atoms with Crippen molar-refractivity contribution in [2.45, 2.75) is 44.2 Å². The first-order chi connectivity index (χ1) is 9.66. The van der Waals surface area contributed by atoms with Gasteiger partial charge in [0.2, 0.25) is 0 Å². The van der Waals surface area contributed by atoms with Gasteiger partial charge in [0.05, 0.1) is 7.11 Å². The maximum Gasteiger partial charge on any atom is 0.119 e. The van der Waals surface area contributed by atoms with E-state index in [-0.39, 0.29) is 0 Å². The third-order valence-corrected chi connectivity index (χ3v) is 4.65. The van der Waals surface area contributed by atoms with E-state index in [1.807, 2.05) is 6.07 Å². The molecule has 0 radical (unpaired) electrons. The van der Waals surface area contributed by atoms with Crippen molar-refractivity contribution in [3.8, 4) is 5.75 Å². The molecule has 1 aromatic carbocycles. The molecular formula is C17H28N2O. The van der Waals surface area contributed by atoms with Gasteiger partial charge in [-0.05, 0) is 44.6 Å². The number of benzene rings is 1. The average Bonchev–Trinajstić information content (AvgIpc) is 2.48. The maximum absolute atomic E-state index is 5.27. The summed E-state index contributed by atoms with van der Waals surface area (Å²) in [5, 5.41) is 3.65. The Kier molecular flexibility index (Phi) is 5.44. The van der Waals surface area contributed by atoms with Gasteiger partial charge >= 0.3 is 0 Å². The van der Waals surface area contributed by atoms with Gasteiger partial charge in [0, 0.05) is 18.6 Å². The van der Waals surface area contributed by atoms with E-state index in [0.29, 0.717) is 5.54 Å². The molecule has 0 bridgehead atoms. The van der Waals surface area contributed by atoms with E-state index < -0.39 is 0 Å². The van der Waals surface area contributed by atoms with Crippen LogP contribution in [0.25, 0.3) is 0 Å². The summed E-state index contributed by atoms with van der Waals surface area (Å²) < 4.78 is 5.27. The van der Waals surface area contributed by atoms with Crippen LogP contribution in [0.3, 0.4) is 0 Å². The number of nitrogens with one attached hydrogen (secondary N) is 1. The topological polar surface area (TPSA) is 24.5 Å². The van der Waals surface area contributed by atoms with Gasteiger partial charge < -0.3 is 15.0 Å². The van der Waals surface area contributed by atoms with E-state index in [4.69, 9.17) is 4.74 Å². The molecule has 20 heavy (non-hydrogen) atoms. The van der Waals surface area contributed by atoms with Crippen molar-refractivity contribution in [3.05, 3.63) is 29.8 Å². The Balaban J connectivity index is 1.89. The van der Waals surface area contributed by atoms with Crippen LogP contribution in [0.2, 0.25) is 0 Å². The highest BCUT2D eigenvalue weighted by molar-refractivity contribution is 5.28. The van der Waals surface area contributed by atoms with Gasteiger partial charge in [-0.3, -0.25) is 0 Å². The van der Waals surface area contributed by atoms with Gasteiger partial charge in [0.15, 0.2) is 0 Å². The molecule has 0 unspecified atom stereocenters. The fourth-order valence-corrected chi connectivity index (χ4v) is 3.21. The Labute approximate surface area is 123 Å². The van der Waals surface area contributed by atoms with Gasteiger partial charge in [0.1, 0.15) is 5.75 Å². The number of methoxy groups -OCH3 is 1. The Morgan fingerprint density at radius 1 is 1.20 bits per heavy atom. The monoisotopic (exact) mass is 276 g/mol. The van der Waals surface area contributed by atoms with Gasteiger partial charge in [-0.15, -0.1) is 0 Å². The van der Waals surface area contributed by atoms with Crippen LogP contribution in [-0.2, 0) is 6.54 Å². The second kappa shape index (κ2) is 7.09. The van der Waals surface area contributed by atoms with E-state index in [2.05, 4.69) is 42.5 Å². The number of rotatable bonds is 6. The standard InChI is InChI=1S/C17H28N2O/c1-19(2)17(10-5-4-6-11-17)14-18-13-15-8-7-9-16(12-15)20-3/h7-9,12,18H,4-6,10-11,13-14H2,1-3H3. The predicted octanol–water partition coefficient (Wildman–Crippen LogP) is 3.05. The SMILES string of the molecule is COc1cccc(CNCC2(N(C)C)CCCCC2)c1. The number of ether oxygens (including phenoxy) is 1. The predicted molar refractivity (Wildman–Crippen MR) is 84.2 cm³/mol. The van der Waals surface area contributed by atoms with Crippen molar-refractivity contribution in [2.75, 3.05) is 27.7 Å². The van der Waals surface area contributed by atoms with E-state index >= 15 is 0 Å². The zero-order valence-electron chi connectivity index (χ0n) is 13.1.